The first-order chi connectivity index (χ1) is 8.19. The highest BCUT2D eigenvalue weighted by atomic mass is 32.1. The molecule has 2 heterocycles. The molecular weight excluding hydrogens is 240 g/mol. The topological polar surface area (TPSA) is 63.8 Å². The number of benzene rings is 1. The van der Waals surface area contributed by atoms with Crippen molar-refractivity contribution in [3.63, 3.8) is 0 Å². The van der Waals surface area contributed by atoms with Gasteiger partial charge in [0, 0.05) is 0 Å². The van der Waals surface area contributed by atoms with E-state index in [-0.39, 0.29) is 11.4 Å². The Morgan fingerprint density at radius 2 is 2.24 bits per heavy atom. The average Bonchev–Trinajstić information content (AvgIpc) is 2.65. The molecule has 0 bridgehead atoms. The molecule has 0 fully saturated rings. The molecule has 86 valence electrons. The fourth-order valence-corrected chi connectivity index (χ4v) is 2.78. The summed E-state index contributed by atoms with van der Waals surface area (Å²) in [6, 6.07) is 6.53. The number of hydrogen-bond acceptors (Lipinski definition) is 5. The van der Waals surface area contributed by atoms with Crippen molar-refractivity contribution in [1.82, 2.24) is 9.38 Å². The monoisotopic (exact) mass is 248 g/mol. The van der Waals surface area contributed by atoms with Gasteiger partial charge in [-0.05, 0) is 18.2 Å². The molecule has 1 aromatic carbocycles. The van der Waals surface area contributed by atoms with Crippen molar-refractivity contribution >= 4 is 26.5 Å². The third kappa shape index (κ3) is 1.45. The summed E-state index contributed by atoms with van der Waals surface area (Å²) in [6.45, 7) is 0. The van der Waals surface area contributed by atoms with Gasteiger partial charge in [-0.2, -0.15) is 4.98 Å². The summed E-state index contributed by atoms with van der Waals surface area (Å²) in [5.41, 5.74) is 0.479. The molecule has 0 aliphatic rings. The second kappa shape index (κ2) is 3.46. The highest BCUT2D eigenvalue weighted by molar-refractivity contribution is 7.23. The van der Waals surface area contributed by atoms with Crippen LogP contribution < -0.4 is 10.3 Å². The van der Waals surface area contributed by atoms with Crippen LogP contribution in [0.2, 0.25) is 0 Å². The molecule has 3 aromatic rings. The van der Waals surface area contributed by atoms with Crippen molar-refractivity contribution in [2.24, 2.45) is 0 Å². The van der Waals surface area contributed by atoms with Gasteiger partial charge < -0.3 is 9.84 Å². The normalized spacial score (nSPS) is 11.1. The van der Waals surface area contributed by atoms with Gasteiger partial charge in [-0.25, -0.2) is 0 Å². The van der Waals surface area contributed by atoms with Crippen LogP contribution in [0.1, 0.15) is 0 Å². The van der Waals surface area contributed by atoms with Crippen LogP contribution in [0.15, 0.2) is 29.1 Å². The van der Waals surface area contributed by atoms with E-state index in [0.29, 0.717) is 4.96 Å². The first kappa shape index (κ1) is 10.1. The van der Waals surface area contributed by atoms with E-state index < -0.39 is 0 Å². The smallest absolute Gasteiger partial charge is 0.262 e. The van der Waals surface area contributed by atoms with Crippen molar-refractivity contribution in [3.8, 4) is 11.6 Å². The summed E-state index contributed by atoms with van der Waals surface area (Å²) < 4.78 is 7.48. The minimum atomic E-state index is -0.288. The molecule has 6 heteroatoms. The lowest BCUT2D eigenvalue weighted by molar-refractivity contribution is 0.415. The number of nitrogens with zero attached hydrogens (tertiary/aromatic N) is 2. The van der Waals surface area contributed by atoms with E-state index in [9.17, 15) is 9.90 Å². The molecule has 0 aliphatic heterocycles. The third-order valence-corrected chi connectivity index (χ3v) is 3.49. The van der Waals surface area contributed by atoms with Crippen LogP contribution in [0, 0.1) is 0 Å². The van der Waals surface area contributed by atoms with Crippen LogP contribution in [0.3, 0.4) is 0 Å². The standard InChI is InChI=1S/C11H8N2O3S/c1-16-6-2-3-7-8(4-6)17-11-12-9(14)5-10(15)13(7)11/h2-5,14H,1H3. The first-order valence-electron chi connectivity index (χ1n) is 4.88. The van der Waals surface area contributed by atoms with Gasteiger partial charge in [0.05, 0.1) is 23.4 Å². The maximum atomic E-state index is 11.8. The van der Waals surface area contributed by atoms with E-state index in [1.165, 1.54) is 15.7 Å². The Morgan fingerprint density at radius 1 is 1.41 bits per heavy atom. The summed E-state index contributed by atoms with van der Waals surface area (Å²) >= 11 is 1.33. The largest absolute Gasteiger partial charge is 0.497 e. The molecule has 0 atom stereocenters. The molecule has 0 radical (unpaired) electrons. The molecule has 0 aliphatic carbocycles. The highest BCUT2D eigenvalue weighted by Crippen LogP contribution is 2.28. The minimum Gasteiger partial charge on any atom is -0.497 e. The zero-order chi connectivity index (χ0) is 12.0. The van der Waals surface area contributed by atoms with Crippen molar-refractivity contribution in [2.45, 2.75) is 0 Å². The maximum Gasteiger partial charge on any atom is 0.262 e. The van der Waals surface area contributed by atoms with E-state index in [1.807, 2.05) is 6.07 Å². The third-order valence-electron chi connectivity index (χ3n) is 2.48. The molecule has 3 rings (SSSR count). The molecule has 0 amide bonds. The summed E-state index contributed by atoms with van der Waals surface area (Å²) in [5, 5.41) is 9.29. The Labute approximate surface area is 99.5 Å². The lowest BCUT2D eigenvalue weighted by Crippen LogP contribution is -2.10. The van der Waals surface area contributed by atoms with Crippen molar-refractivity contribution in [2.75, 3.05) is 7.11 Å². The molecule has 0 unspecified atom stereocenters. The molecule has 5 nitrogen and oxygen atoms in total. The van der Waals surface area contributed by atoms with E-state index in [0.717, 1.165) is 22.0 Å². The zero-order valence-electron chi connectivity index (χ0n) is 8.88. The first-order valence-corrected chi connectivity index (χ1v) is 5.70. The molecule has 1 N–H and O–H groups in total. The van der Waals surface area contributed by atoms with Crippen molar-refractivity contribution in [3.05, 3.63) is 34.6 Å². The summed E-state index contributed by atoms with van der Waals surface area (Å²) in [5.74, 6) is 0.467. The molecule has 0 saturated heterocycles. The van der Waals surface area contributed by atoms with Crippen LogP contribution in [-0.2, 0) is 0 Å². The van der Waals surface area contributed by atoms with Crippen LogP contribution in [0.25, 0.3) is 15.2 Å². The van der Waals surface area contributed by atoms with Gasteiger partial charge in [-0.1, -0.05) is 11.3 Å². The Bertz CT molecular complexity index is 775. The Kier molecular flexibility index (Phi) is 2.05. The summed E-state index contributed by atoms with van der Waals surface area (Å²) in [7, 11) is 1.59. The van der Waals surface area contributed by atoms with E-state index in [2.05, 4.69) is 4.98 Å². The minimum absolute atomic E-state index is 0.256. The lowest BCUT2D eigenvalue weighted by atomic mass is 10.3. The Morgan fingerprint density at radius 3 is 3.00 bits per heavy atom. The fraction of sp³-hybridized carbons (Fsp3) is 0.0909. The number of ether oxygens (including phenoxy) is 1. The number of aromatic nitrogens is 2. The number of thiazole rings is 1. The molecule has 17 heavy (non-hydrogen) atoms. The maximum absolute atomic E-state index is 11.8. The van der Waals surface area contributed by atoms with Crippen molar-refractivity contribution in [1.29, 1.82) is 0 Å². The molecular formula is C11H8N2O3S. The molecule has 0 saturated carbocycles. The number of rotatable bonds is 1. The highest BCUT2D eigenvalue weighted by Gasteiger charge is 2.09. The molecule has 2 aromatic heterocycles. The number of aromatic hydroxyl groups is 1. The quantitative estimate of drug-likeness (QED) is 0.710. The van der Waals surface area contributed by atoms with E-state index in [4.69, 9.17) is 4.74 Å². The predicted molar refractivity (Wildman–Crippen MR) is 65.1 cm³/mol. The SMILES string of the molecule is COc1ccc2c(c1)sc1nc(O)cc(=O)n12. The zero-order valence-corrected chi connectivity index (χ0v) is 9.69. The van der Waals surface area contributed by atoms with Gasteiger partial charge in [0.1, 0.15) is 5.75 Å². The average molecular weight is 248 g/mol. The van der Waals surface area contributed by atoms with E-state index in [1.54, 1.807) is 19.2 Å². The van der Waals surface area contributed by atoms with Gasteiger partial charge in [-0.15, -0.1) is 0 Å². The summed E-state index contributed by atoms with van der Waals surface area (Å²) in [4.78, 5) is 16.2. The van der Waals surface area contributed by atoms with Crippen LogP contribution in [0.5, 0.6) is 11.6 Å². The van der Waals surface area contributed by atoms with Gasteiger partial charge >= 0.3 is 0 Å². The van der Waals surface area contributed by atoms with Gasteiger partial charge in [0.25, 0.3) is 5.56 Å². The number of methoxy groups -OCH3 is 1. The second-order valence-corrected chi connectivity index (χ2v) is 4.52. The Hall–Kier alpha value is -2.08. The number of hydrogen-bond donors (Lipinski definition) is 1. The summed E-state index contributed by atoms with van der Waals surface area (Å²) in [6.07, 6.45) is 0. The predicted octanol–water partition coefficient (Wildman–Crippen LogP) is 1.62. The van der Waals surface area contributed by atoms with Gasteiger partial charge in [0.2, 0.25) is 10.8 Å². The van der Waals surface area contributed by atoms with Crippen LogP contribution in [-0.4, -0.2) is 21.6 Å². The second-order valence-electron chi connectivity index (χ2n) is 3.51. The number of fused-ring (bicyclic) bond motifs is 3. The van der Waals surface area contributed by atoms with Gasteiger partial charge in [0.15, 0.2) is 0 Å². The van der Waals surface area contributed by atoms with Crippen LogP contribution in [0.4, 0.5) is 0 Å². The van der Waals surface area contributed by atoms with E-state index >= 15 is 0 Å². The fourth-order valence-electron chi connectivity index (χ4n) is 1.73. The van der Waals surface area contributed by atoms with Crippen LogP contribution >= 0.6 is 11.3 Å². The Balaban J connectivity index is 2.50. The molecule has 0 spiro atoms. The lowest BCUT2D eigenvalue weighted by Gasteiger charge is -1.98. The van der Waals surface area contributed by atoms with Crippen molar-refractivity contribution < 1.29 is 9.84 Å². The van der Waals surface area contributed by atoms with Gasteiger partial charge in [-0.3, -0.25) is 9.20 Å².